The second-order valence-electron chi connectivity index (χ2n) is 2.36. The molecule has 1 rings (SSSR count). The van der Waals surface area contributed by atoms with Gasteiger partial charge in [0.2, 0.25) is 0 Å². The first-order valence-electron chi connectivity index (χ1n) is 3.25. The standard InChI is InChI=1S/C8H8ClNO/c1-5-3-4-10-6(2)7(5)8(9)11/h3-4H,1-2H3. The van der Waals surface area contributed by atoms with Crippen molar-refractivity contribution in [1.29, 1.82) is 0 Å². The smallest absolute Gasteiger partial charge is 0.254 e. The average molecular weight is 170 g/mol. The highest BCUT2D eigenvalue weighted by Crippen LogP contribution is 2.12. The third-order valence-corrected chi connectivity index (χ3v) is 1.73. The topological polar surface area (TPSA) is 30.0 Å². The van der Waals surface area contributed by atoms with Crippen molar-refractivity contribution in [2.75, 3.05) is 0 Å². The highest BCUT2D eigenvalue weighted by Gasteiger charge is 2.08. The van der Waals surface area contributed by atoms with E-state index in [4.69, 9.17) is 11.6 Å². The molecule has 0 aliphatic rings. The molecule has 58 valence electrons. The molecule has 0 fully saturated rings. The summed E-state index contributed by atoms with van der Waals surface area (Å²) in [6.07, 6.45) is 1.66. The van der Waals surface area contributed by atoms with E-state index in [1.807, 2.05) is 6.92 Å². The molecule has 0 N–H and O–H groups in total. The van der Waals surface area contributed by atoms with E-state index in [1.165, 1.54) is 0 Å². The summed E-state index contributed by atoms with van der Waals surface area (Å²) in [5.41, 5.74) is 2.08. The third-order valence-electron chi connectivity index (χ3n) is 1.55. The van der Waals surface area contributed by atoms with Crippen LogP contribution in [0.5, 0.6) is 0 Å². The number of aryl methyl sites for hydroxylation is 2. The lowest BCUT2D eigenvalue weighted by Gasteiger charge is -2.01. The molecule has 0 amide bonds. The van der Waals surface area contributed by atoms with Gasteiger partial charge in [-0.15, -0.1) is 0 Å². The Balaban J connectivity index is 3.32. The Morgan fingerprint density at radius 1 is 1.55 bits per heavy atom. The number of halogens is 1. The number of rotatable bonds is 1. The minimum atomic E-state index is -0.437. The van der Waals surface area contributed by atoms with Gasteiger partial charge >= 0.3 is 0 Å². The van der Waals surface area contributed by atoms with Crippen molar-refractivity contribution >= 4 is 16.8 Å². The number of hydrogen-bond donors (Lipinski definition) is 0. The Hall–Kier alpha value is -0.890. The van der Waals surface area contributed by atoms with Crippen LogP contribution in [0.15, 0.2) is 12.3 Å². The molecule has 1 aromatic heterocycles. The first kappa shape index (κ1) is 8.21. The summed E-state index contributed by atoms with van der Waals surface area (Å²) >= 11 is 5.33. The molecule has 0 saturated carbocycles. The molecule has 2 nitrogen and oxygen atoms in total. The Kier molecular flexibility index (Phi) is 2.25. The second-order valence-corrected chi connectivity index (χ2v) is 2.71. The zero-order valence-electron chi connectivity index (χ0n) is 6.39. The summed E-state index contributed by atoms with van der Waals surface area (Å²) < 4.78 is 0. The zero-order valence-corrected chi connectivity index (χ0v) is 7.14. The fourth-order valence-corrected chi connectivity index (χ4v) is 1.28. The van der Waals surface area contributed by atoms with Crippen LogP contribution < -0.4 is 0 Å². The Morgan fingerprint density at radius 2 is 2.18 bits per heavy atom. The summed E-state index contributed by atoms with van der Waals surface area (Å²) in [4.78, 5) is 14.8. The minimum absolute atomic E-state index is 0.437. The van der Waals surface area contributed by atoms with Crippen LogP contribution in [-0.4, -0.2) is 10.2 Å². The average Bonchev–Trinajstić information content (AvgIpc) is 1.85. The summed E-state index contributed by atoms with van der Waals surface area (Å²) in [5, 5.41) is -0.437. The molecule has 0 aromatic carbocycles. The molecule has 0 bridgehead atoms. The third kappa shape index (κ3) is 1.57. The molecule has 0 saturated heterocycles. The lowest BCUT2D eigenvalue weighted by Crippen LogP contribution is -1.98. The predicted octanol–water partition coefficient (Wildman–Crippen LogP) is 2.08. The molecule has 1 heterocycles. The van der Waals surface area contributed by atoms with Crippen molar-refractivity contribution in [3.63, 3.8) is 0 Å². The molecule has 0 spiro atoms. The van der Waals surface area contributed by atoms with Gasteiger partial charge in [-0.3, -0.25) is 9.78 Å². The number of aromatic nitrogens is 1. The predicted molar refractivity (Wildman–Crippen MR) is 43.9 cm³/mol. The van der Waals surface area contributed by atoms with E-state index < -0.39 is 5.24 Å². The van der Waals surface area contributed by atoms with Gasteiger partial charge in [-0.1, -0.05) is 0 Å². The van der Waals surface area contributed by atoms with Crippen molar-refractivity contribution in [2.45, 2.75) is 13.8 Å². The molecular formula is C8H8ClNO. The van der Waals surface area contributed by atoms with Crippen LogP contribution in [0.1, 0.15) is 21.6 Å². The van der Waals surface area contributed by atoms with Gasteiger partial charge in [0.05, 0.1) is 5.56 Å². The van der Waals surface area contributed by atoms with E-state index in [1.54, 1.807) is 19.2 Å². The van der Waals surface area contributed by atoms with Gasteiger partial charge in [0.1, 0.15) is 0 Å². The van der Waals surface area contributed by atoms with Gasteiger partial charge in [0, 0.05) is 11.9 Å². The fourth-order valence-electron chi connectivity index (χ4n) is 0.991. The Morgan fingerprint density at radius 3 is 2.55 bits per heavy atom. The molecule has 0 aliphatic carbocycles. The largest absolute Gasteiger partial charge is 0.276 e. The first-order chi connectivity index (χ1) is 5.13. The van der Waals surface area contributed by atoms with E-state index in [2.05, 4.69) is 4.98 Å². The number of hydrogen-bond acceptors (Lipinski definition) is 2. The van der Waals surface area contributed by atoms with Gasteiger partial charge < -0.3 is 0 Å². The summed E-state index contributed by atoms with van der Waals surface area (Å²) in [5.74, 6) is 0. The van der Waals surface area contributed by atoms with Crippen LogP contribution in [-0.2, 0) is 0 Å². The fraction of sp³-hybridized carbons (Fsp3) is 0.250. The molecule has 0 atom stereocenters. The molecule has 0 aliphatic heterocycles. The second kappa shape index (κ2) is 3.01. The summed E-state index contributed by atoms with van der Waals surface area (Å²) in [6.45, 7) is 3.60. The highest BCUT2D eigenvalue weighted by molar-refractivity contribution is 6.68. The van der Waals surface area contributed by atoms with Crippen LogP contribution in [0.25, 0.3) is 0 Å². The SMILES string of the molecule is Cc1ccnc(C)c1C(=O)Cl. The van der Waals surface area contributed by atoms with E-state index in [0.29, 0.717) is 11.3 Å². The quantitative estimate of drug-likeness (QED) is 0.603. The van der Waals surface area contributed by atoms with Gasteiger partial charge in [0.15, 0.2) is 0 Å². The lowest BCUT2D eigenvalue weighted by molar-refractivity contribution is 0.108. The Bertz CT molecular complexity index is 276. The van der Waals surface area contributed by atoms with Crippen molar-refractivity contribution in [3.8, 4) is 0 Å². The summed E-state index contributed by atoms with van der Waals surface area (Å²) in [7, 11) is 0. The molecular weight excluding hydrogens is 162 g/mol. The van der Waals surface area contributed by atoms with Crippen molar-refractivity contribution in [3.05, 3.63) is 29.1 Å². The van der Waals surface area contributed by atoms with Crippen molar-refractivity contribution in [2.24, 2.45) is 0 Å². The lowest BCUT2D eigenvalue weighted by atomic mass is 10.1. The van der Waals surface area contributed by atoms with Crippen LogP contribution in [0.3, 0.4) is 0 Å². The maximum Gasteiger partial charge on any atom is 0.254 e. The van der Waals surface area contributed by atoms with Crippen LogP contribution in [0.2, 0.25) is 0 Å². The van der Waals surface area contributed by atoms with E-state index in [-0.39, 0.29) is 0 Å². The molecule has 0 unspecified atom stereocenters. The first-order valence-corrected chi connectivity index (χ1v) is 3.62. The number of carbonyl (C=O) groups excluding carboxylic acids is 1. The van der Waals surface area contributed by atoms with Crippen LogP contribution in [0, 0.1) is 13.8 Å². The monoisotopic (exact) mass is 169 g/mol. The van der Waals surface area contributed by atoms with Gasteiger partial charge in [-0.2, -0.15) is 0 Å². The highest BCUT2D eigenvalue weighted by atomic mass is 35.5. The van der Waals surface area contributed by atoms with Crippen LogP contribution in [0.4, 0.5) is 0 Å². The van der Waals surface area contributed by atoms with E-state index in [9.17, 15) is 4.79 Å². The molecule has 1 aromatic rings. The minimum Gasteiger partial charge on any atom is -0.276 e. The summed E-state index contributed by atoms with van der Waals surface area (Å²) in [6, 6.07) is 1.77. The molecule has 11 heavy (non-hydrogen) atoms. The molecule has 0 radical (unpaired) electrons. The van der Waals surface area contributed by atoms with Gasteiger partial charge in [-0.05, 0) is 37.1 Å². The van der Waals surface area contributed by atoms with Crippen molar-refractivity contribution in [1.82, 2.24) is 4.98 Å². The van der Waals surface area contributed by atoms with Gasteiger partial charge in [0.25, 0.3) is 5.24 Å². The van der Waals surface area contributed by atoms with E-state index in [0.717, 1.165) is 5.56 Å². The van der Waals surface area contributed by atoms with E-state index >= 15 is 0 Å². The van der Waals surface area contributed by atoms with Crippen molar-refractivity contribution < 1.29 is 4.79 Å². The Labute approximate surface area is 70.2 Å². The molecule has 3 heteroatoms. The number of carbonyl (C=O) groups is 1. The van der Waals surface area contributed by atoms with Gasteiger partial charge in [-0.25, -0.2) is 0 Å². The zero-order chi connectivity index (χ0) is 8.43. The van der Waals surface area contributed by atoms with Crippen LogP contribution >= 0.6 is 11.6 Å². The number of nitrogens with zero attached hydrogens (tertiary/aromatic N) is 1. The normalized spacial score (nSPS) is 9.73. The maximum atomic E-state index is 10.8. The maximum absolute atomic E-state index is 10.8. The number of pyridine rings is 1.